The first kappa shape index (κ1) is 30.6. The number of rotatable bonds is 5. The van der Waals surface area contributed by atoms with Crippen LogP contribution in [0.2, 0.25) is 0 Å². The molecule has 0 heterocycles. The molecule has 0 aromatic heterocycles. The van der Waals surface area contributed by atoms with E-state index in [0.717, 1.165) is 6.42 Å². The minimum Gasteiger partial charge on any atom is -1.00 e. The Morgan fingerprint density at radius 2 is 1.14 bits per heavy atom. The maximum atomic E-state index is 2.36. The zero-order valence-electron chi connectivity index (χ0n) is 17.8. The van der Waals surface area contributed by atoms with Crippen LogP contribution in [0.5, 0.6) is 0 Å². The Morgan fingerprint density at radius 1 is 0.724 bits per heavy atom. The number of benzene rings is 2. The summed E-state index contributed by atoms with van der Waals surface area (Å²) in [4.78, 5) is 0. The Balaban J connectivity index is 0. The first-order valence-electron chi connectivity index (χ1n) is 9.38. The zero-order chi connectivity index (χ0) is 18.0. The molecule has 0 N–H and O–H groups in total. The van der Waals surface area contributed by atoms with E-state index in [0.29, 0.717) is 5.92 Å². The van der Waals surface area contributed by atoms with Gasteiger partial charge >= 0.3 is 21.7 Å². The van der Waals surface area contributed by atoms with Crippen molar-refractivity contribution in [3.8, 4) is 0 Å². The van der Waals surface area contributed by atoms with E-state index in [2.05, 4.69) is 89.2 Å². The molecule has 0 aliphatic carbocycles. The van der Waals surface area contributed by atoms with E-state index < -0.39 is 0 Å². The third kappa shape index (κ3) is 7.53. The van der Waals surface area contributed by atoms with E-state index in [9.17, 15) is 0 Å². The van der Waals surface area contributed by atoms with Crippen molar-refractivity contribution in [1.29, 1.82) is 0 Å². The Bertz CT molecular complexity index is 792. The third-order valence-electron chi connectivity index (χ3n) is 4.93. The van der Waals surface area contributed by atoms with Crippen LogP contribution in [0.4, 0.5) is 0 Å². The molecule has 4 heteroatoms. The van der Waals surface area contributed by atoms with Crippen LogP contribution in [0, 0.1) is 27.7 Å². The first-order valence-corrected chi connectivity index (χ1v) is 9.38. The summed E-state index contributed by atoms with van der Waals surface area (Å²) in [5.41, 5.74) is 11.1. The molecule has 29 heavy (non-hydrogen) atoms. The van der Waals surface area contributed by atoms with Crippen LogP contribution in [-0.2, 0) is 28.1 Å². The maximum Gasteiger partial charge on any atom is 4.00 e. The Morgan fingerprint density at radius 3 is 1.52 bits per heavy atom. The van der Waals surface area contributed by atoms with Gasteiger partial charge in [-0.05, 0) is 44.7 Å². The molecule has 0 bridgehead atoms. The van der Waals surface area contributed by atoms with Gasteiger partial charge in [0.05, 0.1) is 0 Å². The average Bonchev–Trinajstić information content (AvgIpc) is 2.94. The minimum absolute atomic E-state index is 0. The van der Waals surface area contributed by atoms with Crippen LogP contribution < -0.4 is 37.2 Å². The van der Waals surface area contributed by atoms with Crippen LogP contribution in [0.15, 0.2) is 54.6 Å². The monoisotopic (exact) mass is 482 g/mol. The summed E-state index contributed by atoms with van der Waals surface area (Å²) in [6.45, 7) is 11.1. The Hall–Kier alpha value is -0.626. The summed E-state index contributed by atoms with van der Waals surface area (Å²) in [5.74, 6) is 0.314. The fraction of sp³-hybridized carbons (Fsp3) is 0.320. The van der Waals surface area contributed by atoms with Gasteiger partial charge in [-0.25, -0.2) is 12.1 Å². The predicted molar refractivity (Wildman–Crippen MR) is 109 cm³/mol. The van der Waals surface area contributed by atoms with Gasteiger partial charge in [-0.15, -0.1) is 5.56 Å². The largest absolute Gasteiger partial charge is 4.00 e. The fourth-order valence-corrected chi connectivity index (χ4v) is 4.15. The summed E-state index contributed by atoms with van der Waals surface area (Å²) in [6.07, 6.45) is 2.33. The summed E-state index contributed by atoms with van der Waals surface area (Å²) in [6, 6.07) is 20.8. The molecule has 0 atom stereocenters. The maximum absolute atomic E-state index is 2.36. The van der Waals surface area contributed by atoms with Gasteiger partial charge in [-0.1, -0.05) is 78.4 Å². The smallest absolute Gasteiger partial charge is 1.00 e. The van der Waals surface area contributed by atoms with Gasteiger partial charge in [-0.3, -0.25) is 0 Å². The second kappa shape index (κ2) is 13.6. The summed E-state index contributed by atoms with van der Waals surface area (Å²) < 4.78 is 0. The quantitative estimate of drug-likeness (QED) is 0.285. The van der Waals surface area contributed by atoms with Crippen molar-refractivity contribution in [3.05, 3.63) is 99.1 Å². The molecule has 0 saturated heterocycles. The topological polar surface area (TPSA) is 0 Å². The van der Waals surface area contributed by atoms with E-state index in [1.54, 1.807) is 0 Å². The van der Waals surface area contributed by atoms with Crippen LogP contribution >= 0.6 is 0 Å². The van der Waals surface area contributed by atoms with Crippen LogP contribution in [0.1, 0.15) is 63.8 Å². The average molecular weight is 484 g/mol. The van der Waals surface area contributed by atoms with E-state index in [4.69, 9.17) is 0 Å². The van der Waals surface area contributed by atoms with Crippen molar-refractivity contribution in [3.63, 3.8) is 0 Å². The molecular formula is C25H29Cl3Ti. The summed E-state index contributed by atoms with van der Waals surface area (Å²) in [7, 11) is 0. The normalized spacial score (nSPS) is 9.72. The molecule has 3 aromatic carbocycles. The van der Waals surface area contributed by atoms with E-state index in [1.165, 1.54) is 50.9 Å². The molecule has 0 fully saturated rings. The second-order valence-electron chi connectivity index (χ2n) is 7.53. The molecule has 3 rings (SSSR count). The standard InChI is InChI=1S/C25H29.3ClH.Ti/c1-6-8-21-9-7-10-24(21)25(22-13-17(2)11-18(3)14-22)23-15-19(4)12-20(5)16-23;;;;/h7,9-16,25H,6,8H2,1-5H3;3*1H;/q-1;;;;+4/p-3. The predicted octanol–water partition coefficient (Wildman–Crippen LogP) is -2.22. The Kier molecular flexibility index (Phi) is 14.4. The van der Waals surface area contributed by atoms with E-state index >= 15 is 0 Å². The zero-order valence-corrected chi connectivity index (χ0v) is 21.7. The van der Waals surface area contributed by atoms with Crippen molar-refractivity contribution in [1.82, 2.24) is 0 Å². The van der Waals surface area contributed by atoms with Gasteiger partial charge in [0.2, 0.25) is 0 Å². The number of aryl methyl sites for hydroxylation is 5. The van der Waals surface area contributed by atoms with Crippen molar-refractivity contribution >= 4 is 0 Å². The molecular weight excluding hydrogens is 455 g/mol. The van der Waals surface area contributed by atoms with Gasteiger partial charge < -0.3 is 37.2 Å². The van der Waals surface area contributed by atoms with Gasteiger partial charge in [0.25, 0.3) is 0 Å². The van der Waals surface area contributed by atoms with Crippen molar-refractivity contribution < 1.29 is 58.9 Å². The summed E-state index contributed by atoms with van der Waals surface area (Å²) in [5, 5.41) is 0. The molecule has 0 amide bonds. The van der Waals surface area contributed by atoms with Gasteiger partial charge in [-0.2, -0.15) is 11.6 Å². The second-order valence-corrected chi connectivity index (χ2v) is 7.53. The first-order chi connectivity index (χ1) is 12.0. The molecule has 3 aromatic rings. The van der Waals surface area contributed by atoms with Crippen molar-refractivity contribution in [2.24, 2.45) is 0 Å². The number of hydrogen-bond acceptors (Lipinski definition) is 0. The fourth-order valence-electron chi connectivity index (χ4n) is 4.15. The molecule has 0 nitrogen and oxygen atoms in total. The van der Waals surface area contributed by atoms with E-state index in [-0.39, 0.29) is 58.9 Å². The van der Waals surface area contributed by atoms with E-state index in [1.807, 2.05) is 0 Å². The number of halogens is 3. The van der Waals surface area contributed by atoms with Gasteiger partial charge in [0, 0.05) is 0 Å². The van der Waals surface area contributed by atoms with Crippen molar-refractivity contribution in [2.75, 3.05) is 0 Å². The molecule has 0 radical (unpaired) electrons. The molecule has 0 unspecified atom stereocenters. The molecule has 0 aliphatic rings. The molecule has 0 spiro atoms. The molecule has 0 saturated carbocycles. The Labute approximate surface area is 210 Å². The van der Waals surface area contributed by atoms with Gasteiger partial charge in [0.15, 0.2) is 0 Å². The SMILES string of the molecule is CCCc1ccc[c-]1C(c1cc(C)cc(C)c1)c1cc(C)cc(C)c1.[Cl-].[Cl-].[Cl-].[Ti+4]. The van der Waals surface area contributed by atoms with Crippen LogP contribution in [0.25, 0.3) is 0 Å². The minimum atomic E-state index is 0. The number of hydrogen-bond donors (Lipinski definition) is 0. The van der Waals surface area contributed by atoms with Crippen molar-refractivity contribution in [2.45, 2.75) is 53.4 Å². The van der Waals surface area contributed by atoms with Crippen LogP contribution in [0.3, 0.4) is 0 Å². The van der Waals surface area contributed by atoms with Gasteiger partial charge in [0.1, 0.15) is 0 Å². The van der Waals surface area contributed by atoms with Crippen LogP contribution in [-0.4, -0.2) is 0 Å². The third-order valence-corrected chi connectivity index (χ3v) is 4.93. The molecule has 154 valence electrons. The molecule has 0 aliphatic heterocycles. The summed E-state index contributed by atoms with van der Waals surface area (Å²) >= 11 is 0.